The largest absolute Gasteiger partial charge is 0.229 e. The lowest BCUT2D eigenvalue weighted by Crippen LogP contribution is -2.18. The second-order valence-corrected chi connectivity index (χ2v) is 7.90. The van der Waals surface area contributed by atoms with Crippen molar-refractivity contribution in [2.75, 3.05) is 12.0 Å². The van der Waals surface area contributed by atoms with Crippen LogP contribution in [0.1, 0.15) is 35.8 Å². The van der Waals surface area contributed by atoms with E-state index in [0.717, 1.165) is 25.7 Å². The summed E-state index contributed by atoms with van der Waals surface area (Å²) in [5, 5.41) is 0.0366. The van der Waals surface area contributed by atoms with Gasteiger partial charge >= 0.3 is 0 Å². The SMILES string of the molecule is CS(=O)(=O)CCCC1CCc2ccccc2C1Cl. The Hall–Kier alpha value is -0.540. The molecule has 100 valence electrons. The highest BCUT2D eigenvalue weighted by Gasteiger charge is 2.27. The van der Waals surface area contributed by atoms with E-state index in [-0.39, 0.29) is 11.1 Å². The van der Waals surface area contributed by atoms with E-state index in [0.29, 0.717) is 5.92 Å². The van der Waals surface area contributed by atoms with Crippen LogP contribution in [0.25, 0.3) is 0 Å². The first kappa shape index (κ1) is 13.9. The number of halogens is 1. The predicted molar refractivity (Wildman–Crippen MR) is 75.8 cm³/mol. The van der Waals surface area contributed by atoms with E-state index < -0.39 is 9.84 Å². The van der Waals surface area contributed by atoms with Crippen molar-refractivity contribution in [2.24, 2.45) is 5.92 Å². The topological polar surface area (TPSA) is 34.1 Å². The maximum atomic E-state index is 11.1. The molecular formula is C14H19ClO2S. The Bertz CT molecular complexity index is 510. The van der Waals surface area contributed by atoms with Gasteiger partial charge in [0.1, 0.15) is 9.84 Å². The third-order valence-electron chi connectivity index (χ3n) is 3.64. The maximum Gasteiger partial charge on any atom is 0.147 e. The molecule has 2 rings (SSSR count). The van der Waals surface area contributed by atoms with Crippen molar-refractivity contribution in [3.63, 3.8) is 0 Å². The number of rotatable bonds is 4. The first-order valence-electron chi connectivity index (χ1n) is 6.37. The summed E-state index contributed by atoms with van der Waals surface area (Å²) in [5.41, 5.74) is 2.58. The van der Waals surface area contributed by atoms with Crippen LogP contribution in [0.2, 0.25) is 0 Å². The van der Waals surface area contributed by atoms with E-state index >= 15 is 0 Å². The molecule has 1 aromatic rings. The third kappa shape index (κ3) is 3.48. The monoisotopic (exact) mass is 286 g/mol. The first-order chi connectivity index (χ1) is 8.47. The summed E-state index contributed by atoms with van der Waals surface area (Å²) in [4.78, 5) is 0. The molecule has 0 fully saturated rings. The second-order valence-electron chi connectivity index (χ2n) is 5.17. The van der Waals surface area contributed by atoms with Crippen LogP contribution >= 0.6 is 11.6 Å². The smallest absolute Gasteiger partial charge is 0.147 e. The summed E-state index contributed by atoms with van der Waals surface area (Å²) in [6.45, 7) is 0. The minimum atomic E-state index is -2.85. The highest BCUT2D eigenvalue weighted by atomic mass is 35.5. The zero-order valence-electron chi connectivity index (χ0n) is 10.6. The van der Waals surface area contributed by atoms with E-state index in [9.17, 15) is 8.42 Å². The number of sulfone groups is 1. The molecule has 0 amide bonds. The van der Waals surface area contributed by atoms with Crippen LogP contribution in [0.5, 0.6) is 0 Å². The van der Waals surface area contributed by atoms with Crippen molar-refractivity contribution >= 4 is 21.4 Å². The van der Waals surface area contributed by atoms with E-state index in [4.69, 9.17) is 11.6 Å². The predicted octanol–water partition coefficient (Wildman–Crippen LogP) is 3.35. The number of fused-ring (bicyclic) bond motifs is 1. The van der Waals surface area contributed by atoms with Crippen molar-refractivity contribution < 1.29 is 8.42 Å². The van der Waals surface area contributed by atoms with Crippen molar-refractivity contribution in [3.05, 3.63) is 35.4 Å². The zero-order valence-corrected chi connectivity index (χ0v) is 12.2. The lowest BCUT2D eigenvalue weighted by molar-refractivity contribution is 0.410. The molecule has 0 N–H and O–H groups in total. The molecular weight excluding hydrogens is 268 g/mol. The molecule has 4 heteroatoms. The number of benzene rings is 1. The molecule has 2 atom stereocenters. The van der Waals surface area contributed by atoms with Gasteiger partial charge in [0, 0.05) is 12.0 Å². The van der Waals surface area contributed by atoms with Crippen LogP contribution < -0.4 is 0 Å². The van der Waals surface area contributed by atoms with Crippen molar-refractivity contribution in [1.82, 2.24) is 0 Å². The average molecular weight is 287 g/mol. The molecule has 0 saturated heterocycles. The molecule has 0 aromatic heterocycles. The quantitative estimate of drug-likeness (QED) is 0.796. The van der Waals surface area contributed by atoms with Gasteiger partial charge in [-0.25, -0.2) is 8.42 Å². The molecule has 1 aliphatic carbocycles. The molecule has 2 nitrogen and oxygen atoms in total. The summed E-state index contributed by atoms with van der Waals surface area (Å²) in [6.07, 6.45) is 5.03. The number of alkyl halides is 1. The minimum Gasteiger partial charge on any atom is -0.229 e. The summed E-state index contributed by atoms with van der Waals surface area (Å²) in [6, 6.07) is 8.30. The van der Waals surface area contributed by atoms with Gasteiger partial charge in [0.25, 0.3) is 0 Å². The van der Waals surface area contributed by atoms with Gasteiger partial charge in [-0.1, -0.05) is 24.3 Å². The first-order valence-corrected chi connectivity index (χ1v) is 8.86. The molecule has 2 unspecified atom stereocenters. The van der Waals surface area contributed by atoms with Crippen molar-refractivity contribution in [1.29, 1.82) is 0 Å². The second kappa shape index (κ2) is 5.62. The Morgan fingerprint density at radius 3 is 2.78 bits per heavy atom. The van der Waals surface area contributed by atoms with Crippen LogP contribution in [0.3, 0.4) is 0 Å². The van der Waals surface area contributed by atoms with Crippen molar-refractivity contribution in [3.8, 4) is 0 Å². The van der Waals surface area contributed by atoms with Gasteiger partial charge in [-0.05, 0) is 42.7 Å². The van der Waals surface area contributed by atoms with Gasteiger partial charge < -0.3 is 0 Å². The molecule has 0 bridgehead atoms. The highest BCUT2D eigenvalue weighted by molar-refractivity contribution is 7.90. The standard InChI is InChI=1S/C14H19ClO2S/c1-18(16,17)10-4-6-12-9-8-11-5-2-3-7-13(11)14(12)15/h2-3,5,7,12,14H,4,6,8-10H2,1H3. The number of aryl methyl sites for hydroxylation is 1. The normalized spacial score (nSPS) is 23.7. The number of hydrogen-bond acceptors (Lipinski definition) is 2. The zero-order chi connectivity index (χ0) is 13.2. The summed E-state index contributed by atoms with van der Waals surface area (Å²) in [5.74, 6) is 0.678. The maximum absolute atomic E-state index is 11.1. The van der Waals surface area contributed by atoms with Crippen LogP contribution in [-0.4, -0.2) is 20.4 Å². The Morgan fingerprint density at radius 1 is 1.33 bits per heavy atom. The van der Waals surface area contributed by atoms with Gasteiger partial charge in [-0.2, -0.15) is 0 Å². The van der Waals surface area contributed by atoms with Crippen LogP contribution in [0.4, 0.5) is 0 Å². The molecule has 0 heterocycles. The van der Waals surface area contributed by atoms with Gasteiger partial charge in [-0.3, -0.25) is 0 Å². The summed E-state index contributed by atoms with van der Waals surface area (Å²) in [7, 11) is -2.85. The molecule has 0 saturated carbocycles. The molecule has 0 aliphatic heterocycles. The third-order valence-corrected chi connectivity index (χ3v) is 5.26. The lowest BCUT2D eigenvalue weighted by atomic mass is 9.81. The molecule has 0 radical (unpaired) electrons. The Balaban J connectivity index is 1.97. The fraction of sp³-hybridized carbons (Fsp3) is 0.571. The van der Waals surface area contributed by atoms with Crippen LogP contribution in [-0.2, 0) is 16.3 Å². The fourth-order valence-electron chi connectivity index (χ4n) is 2.67. The van der Waals surface area contributed by atoms with E-state index in [1.807, 2.05) is 12.1 Å². The Labute approximate surface area is 114 Å². The fourth-order valence-corrected chi connectivity index (χ4v) is 3.83. The van der Waals surface area contributed by atoms with E-state index in [2.05, 4.69) is 12.1 Å². The lowest BCUT2D eigenvalue weighted by Gasteiger charge is -2.29. The van der Waals surface area contributed by atoms with Gasteiger partial charge in [0.2, 0.25) is 0 Å². The van der Waals surface area contributed by atoms with Crippen LogP contribution in [0, 0.1) is 5.92 Å². The molecule has 0 spiro atoms. The van der Waals surface area contributed by atoms with Gasteiger partial charge in [-0.15, -0.1) is 11.6 Å². The molecule has 18 heavy (non-hydrogen) atoms. The molecule has 1 aromatic carbocycles. The summed E-state index contributed by atoms with van der Waals surface area (Å²) >= 11 is 6.51. The Morgan fingerprint density at radius 2 is 2.06 bits per heavy atom. The van der Waals surface area contributed by atoms with Gasteiger partial charge in [0.15, 0.2) is 0 Å². The van der Waals surface area contributed by atoms with Gasteiger partial charge in [0.05, 0.1) is 5.38 Å². The highest BCUT2D eigenvalue weighted by Crippen LogP contribution is 2.41. The average Bonchev–Trinajstić information content (AvgIpc) is 2.31. The van der Waals surface area contributed by atoms with Crippen molar-refractivity contribution in [2.45, 2.75) is 31.1 Å². The van der Waals surface area contributed by atoms with Crippen LogP contribution in [0.15, 0.2) is 24.3 Å². The Kier molecular flexibility index (Phi) is 4.33. The molecule has 1 aliphatic rings. The van der Waals surface area contributed by atoms with E-state index in [1.54, 1.807) is 0 Å². The number of hydrogen-bond donors (Lipinski definition) is 0. The minimum absolute atomic E-state index is 0.0366. The summed E-state index contributed by atoms with van der Waals surface area (Å²) < 4.78 is 22.2. The van der Waals surface area contributed by atoms with E-state index in [1.165, 1.54) is 17.4 Å².